The highest BCUT2D eigenvalue weighted by Crippen LogP contribution is 2.34. The van der Waals surface area contributed by atoms with E-state index in [2.05, 4.69) is 50.9 Å². The lowest BCUT2D eigenvalue weighted by Gasteiger charge is -2.12. The number of imidazole rings is 1. The van der Waals surface area contributed by atoms with Crippen molar-refractivity contribution < 1.29 is 4.39 Å². The zero-order valence-corrected chi connectivity index (χ0v) is 21.2. The largest absolute Gasteiger partial charge is 0.358 e. The molecule has 0 fully saturated rings. The quantitative estimate of drug-likeness (QED) is 0.208. The summed E-state index contributed by atoms with van der Waals surface area (Å²) in [5, 5.41) is 13.2. The number of benzene rings is 1. The van der Waals surface area contributed by atoms with Crippen molar-refractivity contribution in [2.75, 3.05) is 5.32 Å². The summed E-state index contributed by atoms with van der Waals surface area (Å²) in [6, 6.07) is 11.2. The lowest BCUT2D eigenvalue weighted by atomic mass is 10.0. The van der Waals surface area contributed by atoms with E-state index in [0.29, 0.717) is 28.4 Å². The number of anilines is 1. The van der Waals surface area contributed by atoms with Gasteiger partial charge in [-0.15, -0.1) is 11.3 Å². The Kier molecular flexibility index (Phi) is 5.77. The number of allylic oxidation sites excluding steroid dienone is 1. The monoisotopic (exact) mass is 509 g/mol. The van der Waals surface area contributed by atoms with E-state index in [1.54, 1.807) is 29.9 Å². The van der Waals surface area contributed by atoms with Crippen LogP contribution < -0.4 is 5.32 Å². The van der Waals surface area contributed by atoms with Crippen molar-refractivity contribution in [2.24, 2.45) is 5.92 Å². The van der Waals surface area contributed by atoms with Crippen molar-refractivity contribution in [3.05, 3.63) is 78.5 Å². The molecule has 184 valence electrons. The fourth-order valence-electron chi connectivity index (χ4n) is 4.48. The summed E-state index contributed by atoms with van der Waals surface area (Å²) in [7, 11) is 0. The number of halogens is 1. The zero-order chi connectivity index (χ0) is 25.5. The maximum Gasteiger partial charge on any atom is 0.157 e. The summed E-state index contributed by atoms with van der Waals surface area (Å²) in [5.41, 5.74) is 6.46. The molecule has 6 rings (SSSR count). The van der Waals surface area contributed by atoms with Crippen LogP contribution in [-0.4, -0.2) is 30.1 Å². The molecule has 3 N–H and O–H groups in total. The zero-order valence-electron chi connectivity index (χ0n) is 20.3. The Morgan fingerprint density at radius 2 is 2.03 bits per heavy atom. The molecule has 5 heterocycles. The van der Waals surface area contributed by atoms with E-state index in [-0.39, 0.29) is 5.52 Å². The molecule has 1 aromatic carbocycles. The summed E-state index contributed by atoms with van der Waals surface area (Å²) >= 11 is 1.61. The molecule has 6 aromatic rings. The van der Waals surface area contributed by atoms with E-state index in [1.165, 1.54) is 6.07 Å². The minimum Gasteiger partial charge on any atom is -0.358 e. The van der Waals surface area contributed by atoms with Crippen molar-refractivity contribution in [3.63, 3.8) is 0 Å². The van der Waals surface area contributed by atoms with Crippen LogP contribution >= 0.6 is 11.3 Å². The van der Waals surface area contributed by atoms with Crippen molar-refractivity contribution >= 4 is 39.0 Å². The third-order valence-electron chi connectivity index (χ3n) is 6.05. The summed E-state index contributed by atoms with van der Waals surface area (Å²) in [6.07, 6.45) is 6.06. The first-order chi connectivity index (χ1) is 18.0. The van der Waals surface area contributed by atoms with Gasteiger partial charge in [-0.1, -0.05) is 26.5 Å². The Bertz CT molecular complexity index is 1750. The first-order valence-electron chi connectivity index (χ1n) is 11.9. The third kappa shape index (κ3) is 4.38. The number of pyridine rings is 2. The van der Waals surface area contributed by atoms with Crippen LogP contribution in [0.2, 0.25) is 0 Å². The van der Waals surface area contributed by atoms with E-state index < -0.39 is 5.82 Å². The van der Waals surface area contributed by atoms with E-state index in [4.69, 9.17) is 4.98 Å². The maximum atomic E-state index is 15.2. The summed E-state index contributed by atoms with van der Waals surface area (Å²) < 4.78 is 15.2. The number of nitrogens with zero attached hydrogens (tertiary/aromatic N) is 4. The molecule has 5 aromatic heterocycles. The number of thiophene rings is 1. The molecule has 0 bridgehead atoms. The second-order valence-electron chi connectivity index (χ2n) is 9.36. The van der Waals surface area contributed by atoms with Crippen LogP contribution in [0.25, 0.3) is 55.2 Å². The number of aromatic nitrogens is 6. The summed E-state index contributed by atoms with van der Waals surface area (Å²) in [4.78, 5) is 18.1. The van der Waals surface area contributed by atoms with Gasteiger partial charge in [-0.2, -0.15) is 5.10 Å². The van der Waals surface area contributed by atoms with Gasteiger partial charge in [0.05, 0.1) is 22.3 Å². The maximum absolute atomic E-state index is 15.2. The Morgan fingerprint density at radius 1 is 1.14 bits per heavy atom. The van der Waals surface area contributed by atoms with Crippen LogP contribution in [0.4, 0.5) is 10.1 Å². The van der Waals surface area contributed by atoms with Gasteiger partial charge < -0.3 is 10.3 Å². The van der Waals surface area contributed by atoms with Gasteiger partial charge in [0.25, 0.3) is 0 Å². The van der Waals surface area contributed by atoms with Crippen molar-refractivity contribution in [1.82, 2.24) is 30.1 Å². The van der Waals surface area contributed by atoms with E-state index in [1.807, 2.05) is 35.7 Å². The number of aromatic amines is 2. The molecule has 9 heteroatoms. The van der Waals surface area contributed by atoms with Crippen molar-refractivity contribution in [1.29, 1.82) is 0 Å². The average molecular weight is 510 g/mol. The molecule has 0 amide bonds. The van der Waals surface area contributed by atoms with Gasteiger partial charge >= 0.3 is 0 Å². The van der Waals surface area contributed by atoms with Crippen LogP contribution in [0.15, 0.2) is 72.6 Å². The molecule has 0 atom stereocenters. The molecular weight excluding hydrogens is 485 g/mol. The van der Waals surface area contributed by atoms with E-state index in [9.17, 15) is 0 Å². The molecule has 0 unspecified atom stereocenters. The summed E-state index contributed by atoms with van der Waals surface area (Å²) in [6.45, 7) is 8.39. The van der Waals surface area contributed by atoms with Gasteiger partial charge in [-0.05, 0) is 53.6 Å². The van der Waals surface area contributed by atoms with Crippen LogP contribution in [0.3, 0.4) is 0 Å². The SMILES string of the molecule is C=C(CC(C)C)Nc1cncc(-c2cc(F)c3n[nH]c(-c4nc5c(-c6cccs6)nccc5[nH]4)c3c2)c1. The lowest BCUT2D eigenvalue weighted by molar-refractivity contribution is 0.636. The molecule has 0 aliphatic carbocycles. The van der Waals surface area contributed by atoms with Gasteiger partial charge in [0, 0.05) is 29.0 Å². The number of rotatable bonds is 7. The highest BCUT2D eigenvalue weighted by molar-refractivity contribution is 7.13. The van der Waals surface area contributed by atoms with Gasteiger partial charge in [0.2, 0.25) is 0 Å². The lowest BCUT2D eigenvalue weighted by Crippen LogP contribution is -2.02. The normalized spacial score (nSPS) is 11.6. The predicted octanol–water partition coefficient (Wildman–Crippen LogP) is 7.40. The number of nitrogens with one attached hydrogen (secondary N) is 3. The third-order valence-corrected chi connectivity index (χ3v) is 6.93. The Labute approximate surface area is 216 Å². The van der Waals surface area contributed by atoms with Gasteiger partial charge in [-0.3, -0.25) is 15.1 Å². The second-order valence-corrected chi connectivity index (χ2v) is 10.3. The van der Waals surface area contributed by atoms with Crippen molar-refractivity contribution in [2.45, 2.75) is 20.3 Å². The smallest absolute Gasteiger partial charge is 0.157 e. The van der Waals surface area contributed by atoms with Crippen LogP contribution in [0.1, 0.15) is 20.3 Å². The molecule has 0 saturated heterocycles. The van der Waals surface area contributed by atoms with Crippen LogP contribution in [-0.2, 0) is 0 Å². The predicted molar refractivity (Wildman–Crippen MR) is 148 cm³/mol. The van der Waals surface area contributed by atoms with Gasteiger partial charge in [0.1, 0.15) is 22.4 Å². The number of hydrogen-bond donors (Lipinski definition) is 3. The second kappa shape index (κ2) is 9.25. The average Bonchev–Trinajstić information content (AvgIpc) is 3.62. The molecule has 0 radical (unpaired) electrons. The number of fused-ring (bicyclic) bond motifs is 2. The molecule has 0 aliphatic rings. The fraction of sp³-hybridized carbons (Fsp3) is 0.143. The molecule has 0 spiro atoms. The van der Waals surface area contributed by atoms with Crippen LogP contribution in [0.5, 0.6) is 0 Å². The standard InChI is InChI=1S/C28H24FN7S/c1-15(2)9-16(3)32-19-10-18(13-30-14-19)17-11-20-24(21(29)12-17)35-36-25(20)28-33-22-6-7-31-27(26(22)34-28)23-5-4-8-37-23/h4-8,10-15,32H,3,9H2,1-2H3,(H,33,34)(H,35,36). The minimum absolute atomic E-state index is 0.253. The fourth-order valence-corrected chi connectivity index (χ4v) is 5.21. The Morgan fingerprint density at radius 3 is 2.84 bits per heavy atom. The number of hydrogen-bond acceptors (Lipinski definition) is 6. The van der Waals surface area contributed by atoms with Crippen molar-refractivity contribution in [3.8, 4) is 33.2 Å². The Balaban J connectivity index is 1.41. The Hall–Kier alpha value is -4.37. The molecule has 0 aliphatic heterocycles. The van der Waals surface area contributed by atoms with E-state index in [0.717, 1.165) is 45.0 Å². The summed E-state index contributed by atoms with van der Waals surface area (Å²) in [5.74, 6) is 0.635. The highest BCUT2D eigenvalue weighted by atomic mass is 32.1. The molecule has 0 saturated carbocycles. The molecular formula is C28H24FN7S. The first kappa shape index (κ1) is 23.1. The van der Waals surface area contributed by atoms with Crippen LogP contribution in [0, 0.1) is 11.7 Å². The first-order valence-corrected chi connectivity index (χ1v) is 12.8. The minimum atomic E-state index is -0.422. The highest BCUT2D eigenvalue weighted by Gasteiger charge is 2.18. The van der Waals surface area contributed by atoms with E-state index >= 15 is 4.39 Å². The van der Waals surface area contributed by atoms with Gasteiger partial charge in [-0.25, -0.2) is 9.37 Å². The topological polar surface area (TPSA) is 95.2 Å². The van der Waals surface area contributed by atoms with Gasteiger partial charge in [0.15, 0.2) is 11.6 Å². The molecule has 37 heavy (non-hydrogen) atoms. The molecule has 7 nitrogen and oxygen atoms in total. The number of H-pyrrole nitrogens is 2.